The highest BCUT2D eigenvalue weighted by atomic mass is 19.1. The third-order valence-corrected chi connectivity index (χ3v) is 4.61. The monoisotopic (exact) mass is 378 g/mol. The molecule has 1 aromatic heterocycles. The van der Waals surface area contributed by atoms with Gasteiger partial charge < -0.3 is 9.15 Å². The molecule has 0 bridgehead atoms. The average molecular weight is 378 g/mol. The van der Waals surface area contributed by atoms with Crippen molar-refractivity contribution in [3.05, 3.63) is 89.6 Å². The first-order chi connectivity index (χ1) is 13.6. The molecule has 0 spiro atoms. The lowest BCUT2D eigenvalue weighted by Gasteiger charge is -2.20. The zero-order chi connectivity index (χ0) is 19.5. The zero-order valence-electron chi connectivity index (χ0n) is 15.3. The van der Waals surface area contributed by atoms with Gasteiger partial charge in [-0.3, -0.25) is 4.79 Å². The summed E-state index contributed by atoms with van der Waals surface area (Å²) in [6.45, 7) is 1.70. The van der Waals surface area contributed by atoms with E-state index in [4.69, 9.17) is 9.15 Å². The maximum absolute atomic E-state index is 13.7. The lowest BCUT2D eigenvalue weighted by Crippen LogP contribution is -2.31. The number of hydrogen-bond acceptors (Lipinski definition) is 4. The molecule has 1 atom stereocenters. The fourth-order valence-electron chi connectivity index (χ4n) is 3.13. The molecule has 1 aliphatic rings. The molecule has 0 radical (unpaired) electrons. The summed E-state index contributed by atoms with van der Waals surface area (Å²) >= 11 is 0. The quantitative estimate of drug-likeness (QED) is 0.658. The van der Waals surface area contributed by atoms with Crippen LogP contribution in [0.3, 0.4) is 0 Å². The van der Waals surface area contributed by atoms with Crippen LogP contribution in [0.15, 0.2) is 76.4 Å². The van der Waals surface area contributed by atoms with Gasteiger partial charge in [0.2, 0.25) is 0 Å². The largest absolute Gasteiger partial charge is 0.481 e. The molecule has 3 aromatic rings. The molecular formula is C22H19FN2O3. The number of aryl methyl sites for hydroxylation is 1. The van der Waals surface area contributed by atoms with E-state index in [0.29, 0.717) is 12.2 Å². The van der Waals surface area contributed by atoms with Crippen LogP contribution in [0.4, 0.5) is 4.39 Å². The van der Waals surface area contributed by atoms with Crippen LogP contribution in [0.25, 0.3) is 0 Å². The topological polar surface area (TPSA) is 55.0 Å². The summed E-state index contributed by atoms with van der Waals surface area (Å²) in [6, 6.07) is 17.2. The molecule has 1 amide bonds. The Hall–Kier alpha value is -3.41. The second-order valence-corrected chi connectivity index (χ2v) is 6.61. The van der Waals surface area contributed by atoms with Crippen molar-refractivity contribution in [1.29, 1.82) is 0 Å². The normalized spacial score (nSPS) is 16.1. The van der Waals surface area contributed by atoms with E-state index in [1.807, 2.05) is 37.3 Å². The molecule has 2 heterocycles. The molecule has 4 rings (SSSR count). The van der Waals surface area contributed by atoms with Gasteiger partial charge >= 0.3 is 0 Å². The second-order valence-electron chi connectivity index (χ2n) is 6.61. The number of carbonyl (C=O) groups is 1. The average Bonchev–Trinajstić information content (AvgIpc) is 3.37. The lowest BCUT2D eigenvalue weighted by atomic mass is 10.0. The Kier molecular flexibility index (Phi) is 4.93. The van der Waals surface area contributed by atoms with Gasteiger partial charge in [-0.2, -0.15) is 5.10 Å². The number of rotatable bonds is 5. The van der Waals surface area contributed by atoms with Crippen molar-refractivity contribution in [2.75, 3.05) is 6.61 Å². The molecule has 1 aliphatic heterocycles. The van der Waals surface area contributed by atoms with E-state index in [2.05, 4.69) is 5.10 Å². The van der Waals surface area contributed by atoms with E-state index < -0.39 is 5.82 Å². The Morgan fingerprint density at radius 2 is 1.96 bits per heavy atom. The number of benzene rings is 2. The first-order valence-corrected chi connectivity index (χ1v) is 8.99. The molecule has 2 aromatic carbocycles. The van der Waals surface area contributed by atoms with Gasteiger partial charge in [-0.1, -0.05) is 42.0 Å². The van der Waals surface area contributed by atoms with Crippen LogP contribution < -0.4 is 4.74 Å². The van der Waals surface area contributed by atoms with Crippen LogP contribution in [0.5, 0.6) is 5.75 Å². The maximum atomic E-state index is 13.7. The van der Waals surface area contributed by atoms with Gasteiger partial charge in [-0.15, -0.1) is 0 Å². The van der Waals surface area contributed by atoms with Gasteiger partial charge in [0, 0.05) is 6.42 Å². The van der Waals surface area contributed by atoms with Crippen molar-refractivity contribution in [2.24, 2.45) is 5.10 Å². The number of hydrogen-bond donors (Lipinski definition) is 0. The van der Waals surface area contributed by atoms with Crippen molar-refractivity contribution in [3.8, 4) is 5.75 Å². The summed E-state index contributed by atoms with van der Waals surface area (Å²) in [5.41, 5.74) is 2.89. The molecule has 5 nitrogen and oxygen atoms in total. The standard InChI is InChI=1S/C22H19FN2O3/c1-15-8-10-16(11-9-15)18-13-19(21-7-4-12-27-21)25(24-18)22(26)14-28-20-6-3-2-5-17(20)23/h2-12,19H,13-14H2,1H3/t19-/m0/s1. The molecule has 0 fully saturated rings. The van der Waals surface area contributed by atoms with Crippen LogP contribution in [-0.2, 0) is 4.79 Å². The van der Waals surface area contributed by atoms with E-state index >= 15 is 0 Å². The fraction of sp³-hybridized carbons (Fsp3) is 0.182. The van der Waals surface area contributed by atoms with Crippen molar-refractivity contribution in [1.82, 2.24) is 5.01 Å². The maximum Gasteiger partial charge on any atom is 0.281 e. The molecular weight excluding hydrogens is 359 g/mol. The first kappa shape index (κ1) is 18.0. The lowest BCUT2D eigenvalue weighted by molar-refractivity contribution is -0.135. The van der Waals surface area contributed by atoms with Gasteiger partial charge in [0.25, 0.3) is 5.91 Å². The first-order valence-electron chi connectivity index (χ1n) is 8.99. The van der Waals surface area contributed by atoms with Crippen LogP contribution in [-0.4, -0.2) is 23.2 Å². The van der Waals surface area contributed by atoms with Crippen molar-refractivity contribution < 1.29 is 18.3 Å². The number of para-hydroxylation sites is 1. The summed E-state index contributed by atoms with van der Waals surface area (Å²) in [7, 11) is 0. The summed E-state index contributed by atoms with van der Waals surface area (Å²) in [5, 5.41) is 5.90. The predicted octanol–water partition coefficient (Wildman–Crippen LogP) is 4.48. The number of amides is 1. The number of carbonyl (C=O) groups excluding carboxylic acids is 1. The third-order valence-electron chi connectivity index (χ3n) is 4.61. The zero-order valence-corrected chi connectivity index (χ0v) is 15.3. The minimum atomic E-state index is -0.511. The van der Waals surface area contributed by atoms with E-state index in [-0.39, 0.29) is 24.3 Å². The summed E-state index contributed by atoms with van der Waals surface area (Å²) in [4.78, 5) is 12.8. The predicted molar refractivity (Wildman–Crippen MR) is 103 cm³/mol. The Bertz CT molecular complexity index is 997. The van der Waals surface area contributed by atoms with Gasteiger partial charge in [0.1, 0.15) is 11.8 Å². The number of ether oxygens (including phenoxy) is 1. The number of halogens is 1. The van der Waals surface area contributed by atoms with E-state index in [1.165, 1.54) is 17.1 Å². The van der Waals surface area contributed by atoms with Gasteiger partial charge in [0.15, 0.2) is 18.2 Å². The minimum absolute atomic E-state index is 0.0346. The van der Waals surface area contributed by atoms with E-state index in [0.717, 1.165) is 16.8 Å². The molecule has 6 heteroatoms. The summed E-state index contributed by atoms with van der Waals surface area (Å²) < 4.78 is 24.6. The smallest absolute Gasteiger partial charge is 0.281 e. The molecule has 0 N–H and O–H groups in total. The van der Waals surface area contributed by atoms with E-state index in [9.17, 15) is 9.18 Å². The number of nitrogens with zero attached hydrogens (tertiary/aromatic N) is 2. The van der Waals surface area contributed by atoms with Crippen LogP contribution >= 0.6 is 0 Å². The summed E-state index contributed by atoms with van der Waals surface area (Å²) in [6.07, 6.45) is 2.10. The Morgan fingerprint density at radius 1 is 1.18 bits per heavy atom. The van der Waals surface area contributed by atoms with Crippen molar-refractivity contribution >= 4 is 11.6 Å². The molecule has 0 saturated heterocycles. The highest BCUT2D eigenvalue weighted by Gasteiger charge is 2.35. The van der Waals surface area contributed by atoms with Crippen LogP contribution in [0, 0.1) is 12.7 Å². The second kappa shape index (κ2) is 7.68. The number of furan rings is 1. The Morgan fingerprint density at radius 3 is 2.68 bits per heavy atom. The molecule has 142 valence electrons. The number of hydrazone groups is 1. The van der Waals surface area contributed by atoms with Crippen LogP contribution in [0.1, 0.15) is 29.3 Å². The van der Waals surface area contributed by atoms with Gasteiger partial charge in [-0.25, -0.2) is 9.40 Å². The highest BCUT2D eigenvalue weighted by molar-refractivity contribution is 6.03. The fourth-order valence-corrected chi connectivity index (χ4v) is 3.13. The third kappa shape index (κ3) is 3.67. The molecule has 0 aliphatic carbocycles. The van der Waals surface area contributed by atoms with Gasteiger partial charge in [-0.05, 0) is 36.8 Å². The molecule has 0 unspecified atom stereocenters. The Balaban J connectivity index is 1.56. The SMILES string of the molecule is Cc1ccc(C2=NN(C(=O)COc3ccccc3F)[C@H](c3ccco3)C2)cc1. The summed E-state index contributed by atoms with van der Waals surface area (Å²) in [5.74, 6) is -0.202. The minimum Gasteiger partial charge on any atom is -0.481 e. The van der Waals surface area contributed by atoms with Crippen LogP contribution in [0.2, 0.25) is 0 Å². The van der Waals surface area contributed by atoms with Crippen molar-refractivity contribution in [3.63, 3.8) is 0 Å². The molecule has 28 heavy (non-hydrogen) atoms. The van der Waals surface area contributed by atoms with Gasteiger partial charge in [0.05, 0.1) is 12.0 Å². The highest BCUT2D eigenvalue weighted by Crippen LogP contribution is 2.33. The van der Waals surface area contributed by atoms with Crippen molar-refractivity contribution in [2.45, 2.75) is 19.4 Å². The van der Waals surface area contributed by atoms with E-state index in [1.54, 1.807) is 24.5 Å². The molecule has 0 saturated carbocycles. The Labute approximate surface area is 162 Å².